The first-order valence-corrected chi connectivity index (χ1v) is 29.7. The maximum atomic E-state index is 10.8. The molecule has 3 aliphatic heterocycles. The van der Waals surface area contributed by atoms with Gasteiger partial charge in [-0.15, -0.1) is 0 Å². The maximum absolute atomic E-state index is 10.8. The van der Waals surface area contributed by atoms with Crippen molar-refractivity contribution in [2.45, 2.75) is 299 Å². The molecule has 474 valence electrons. The van der Waals surface area contributed by atoms with Crippen LogP contribution in [-0.4, -0.2) is 117 Å². The summed E-state index contributed by atoms with van der Waals surface area (Å²) in [6.07, 6.45) is 25.1. The standard InChI is InChI=1S/C9H19N.C8H17N.C8H16O.3C7H12N2.C7H15NO.C6H11N3.C5H14N2.CH4/c1-9(2,3)10-7-5-4-6-8-10;1-8(2,3)9-6-4-5-7-9;1-5-7(9)6-8(2,3)4;1-7(2,3)9-5-4-8-6-9;1-7(2,3)6-8-4-5-9-6;1-7(2,3)6-4-5-8-9-6;1-7(2,3)5-4-6(8)9;1-6(2,3)9-5-7-4-8-9;1-5(2,3)7-4-6;/h4-8H2,1-3H3;4-7H2,1-3H3;5-6H2,1-4H3;4-6H,1-3H3;4-5H,1-3H3,(H,8,9);5H,4H2,1-3H3;4-5H2,1-3H3,(H2,8,9);4-5H,1-3H3;7H,4,6H2,1-3H3;1H4. The highest BCUT2D eigenvalue weighted by Crippen LogP contribution is 2.23. The maximum Gasteiger partial charge on any atom is 0.217 e. The number of ketones is 1. The lowest BCUT2D eigenvalue weighted by molar-refractivity contribution is -0.120. The van der Waals surface area contributed by atoms with Gasteiger partial charge in [0.15, 0.2) is 0 Å². The summed E-state index contributed by atoms with van der Waals surface area (Å²) in [5, 5.41) is 14.8. The second-order valence-corrected chi connectivity index (χ2v) is 30.5. The molecule has 6 rings (SSSR count). The van der Waals surface area contributed by atoms with Crippen LogP contribution < -0.4 is 16.8 Å². The van der Waals surface area contributed by atoms with Crippen LogP contribution >= 0.6 is 0 Å². The Hall–Kier alpha value is -4.12. The van der Waals surface area contributed by atoms with Gasteiger partial charge in [0.1, 0.15) is 24.3 Å². The lowest BCUT2D eigenvalue weighted by Gasteiger charge is -2.38. The number of piperidine rings is 1. The molecule has 0 aliphatic carbocycles. The minimum absolute atomic E-state index is 0. The van der Waals surface area contributed by atoms with Gasteiger partial charge in [-0.1, -0.05) is 104 Å². The Balaban J connectivity index is -0.000000412. The van der Waals surface area contributed by atoms with Gasteiger partial charge in [0.25, 0.3) is 0 Å². The minimum Gasteiger partial charge on any atom is -0.370 e. The van der Waals surface area contributed by atoms with Gasteiger partial charge in [0.05, 0.1) is 17.6 Å². The Morgan fingerprint density at radius 3 is 1.30 bits per heavy atom. The molecule has 6 N–H and O–H groups in total. The quantitative estimate of drug-likeness (QED) is 0.178. The lowest BCUT2D eigenvalue weighted by atomic mass is 9.89. The van der Waals surface area contributed by atoms with Gasteiger partial charge in [0.2, 0.25) is 5.91 Å². The highest BCUT2D eigenvalue weighted by Gasteiger charge is 2.24. The summed E-state index contributed by atoms with van der Waals surface area (Å²) in [5.41, 5.74) is 13.3. The molecule has 0 spiro atoms. The Labute approximate surface area is 499 Å². The van der Waals surface area contributed by atoms with Crippen LogP contribution in [0.2, 0.25) is 0 Å². The van der Waals surface area contributed by atoms with E-state index in [2.05, 4.69) is 242 Å². The van der Waals surface area contributed by atoms with E-state index < -0.39 is 0 Å². The van der Waals surface area contributed by atoms with E-state index in [-0.39, 0.29) is 51.6 Å². The number of Topliss-reactive ketones (excluding diaryl/α,β-unsaturated/α-hetero) is 1. The van der Waals surface area contributed by atoms with E-state index in [0.717, 1.165) is 18.7 Å². The zero-order valence-electron chi connectivity index (χ0n) is 57.2. The number of hydrogen-bond donors (Lipinski definition) is 4. The molecule has 0 aromatic carbocycles. The predicted molar refractivity (Wildman–Crippen MR) is 351 cm³/mol. The number of carbonyl (C=O) groups is 2. The van der Waals surface area contributed by atoms with E-state index in [0.29, 0.717) is 42.8 Å². The summed E-state index contributed by atoms with van der Waals surface area (Å²) in [5.74, 6) is 1.20. The molecule has 2 fully saturated rings. The number of nitrogens with one attached hydrogen (secondary N) is 2. The van der Waals surface area contributed by atoms with Crippen LogP contribution in [0.15, 0.2) is 54.0 Å². The molecule has 0 bridgehead atoms. The van der Waals surface area contributed by atoms with E-state index in [4.69, 9.17) is 11.5 Å². The number of rotatable bonds is 5. The van der Waals surface area contributed by atoms with Crippen LogP contribution in [0, 0.1) is 16.2 Å². The molecule has 0 unspecified atom stereocenters. The van der Waals surface area contributed by atoms with Crippen molar-refractivity contribution in [3.63, 3.8) is 0 Å². The fourth-order valence-electron chi connectivity index (χ4n) is 7.09. The molecule has 16 nitrogen and oxygen atoms in total. The van der Waals surface area contributed by atoms with E-state index >= 15 is 0 Å². The third kappa shape index (κ3) is 49.1. The highest BCUT2D eigenvalue weighted by atomic mass is 16.1. The normalized spacial score (nSPS) is 15.0. The van der Waals surface area contributed by atoms with Crippen LogP contribution in [0.3, 0.4) is 0 Å². The number of imidazole rings is 2. The van der Waals surface area contributed by atoms with Crippen molar-refractivity contribution in [3.05, 3.63) is 49.6 Å². The number of nitrogens with zero attached hydrogens (tertiary/aromatic N) is 10. The Morgan fingerprint density at radius 1 is 0.630 bits per heavy atom. The average molecular weight is 1140 g/mol. The number of aromatic nitrogens is 7. The lowest BCUT2D eigenvalue weighted by Crippen LogP contribution is -2.44. The molecule has 81 heavy (non-hydrogen) atoms. The van der Waals surface area contributed by atoms with E-state index in [9.17, 15) is 9.59 Å². The van der Waals surface area contributed by atoms with Gasteiger partial charge in [-0.3, -0.25) is 24.7 Å². The molecule has 6 heterocycles. The number of aromatic amines is 1. The van der Waals surface area contributed by atoms with Gasteiger partial charge < -0.3 is 21.0 Å². The SMILES string of the molecule is C.CC(C)(C)C1=NN=CC1.CC(C)(C)CCC(N)=O.CC(C)(C)N1CCCC1.CC(C)(C)N1CCCCC1.CC(C)(C)NCN.CC(C)(C)c1ncc[nH]1.CC(C)(C)n1ccnc1.CC(C)(C)n1cncn1.CCC(=O)CC(C)(C)C. The molecular formula is C65H132N14O2. The molecule has 0 radical (unpaired) electrons. The molecular weight excluding hydrogens is 1010 g/mol. The van der Waals surface area contributed by atoms with E-state index in [1.54, 1.807) is 25.0 Å². The van der Waals surface area contributed by atoms with Crippen molar-refractivity contribution in [3.8, 4) is 0 Å². The summed E-state index contributed by atoms with van der Waals surface area (Å²) in [6, 6.07) is 0. The fraction of sp³-hybridized carbons (Fsp3) is 0.815. The minimum atomic E-state index is -0.204. The van der Waals surface area contributed by atoms with Crippen molar-refractivity contribution in [1.29, 1.82) is 0 Å². The second-order valence-electron chi connectivity index (χ2n) is 30.5. The Kier molecular flexibility index (Phi) is 39.8. The summed E-state index contributed by atoms with van der Waals surface area (Å²) < 4.78 is 3.90. The van der Waals surface area contributed by atoms with Crippen molar-refractivity contribution >= 4 is 23.6 Å². The topological polar surface area (TPSA) is 207 Å². The van der Waals surface area contributed by atoms with Gasteiger partial charge >= 0.3 is 0 Å². The second kappa shape index (κ2) is 38.7. The largest absolute Gasteiger partial charge is 0.370 e. The number of carbonyl (C=O) groups excluding carboxylic acids is 2. The molecule has 2 saturated heterocycles. The molecule has 3 aromatic heterocycles. The third-order valence-corrected chi connectivity index (χ3v) is 12.2. The number of H-pyrrole nitrogens is 1. The fourth-order valence-corrected chi connectivity index (χ4v) is 7.09. The predicted octanol–water partition coefficient (Wildman–Crippen LogP) is 15.0. The first kappa shape index (κ1) is 83.3. The molecule has 3 aromatic rings. The number of primary amides is 1. The van der Waals surface area contributed by atoms with Gasteiger partial charge in [0, 0.05) is 96.3 Å². The monoisotopic (exact) mass is 1140 g/mol. The summed E-state index contributed by atoms with van der Waals surface area (Å²) >= 11 is 0. The van der Waals surface area contributed by atoms with Crippen molar-refractivity contribution in [2.75, 3.05) is 32.8 Å². The first-order valence-electron chi connectivity index (χ1n) is 29.7. The number of nitrogens with two attached hydrogens (primary N) is 2. The van der Waals surface area contributed by atoms with Crippen LogP contribution in [0.4, 0.5) is 0 Å². The smallest absolute Gasteiger partial charge is 0.217 e. The van der Waals surface area contributed by atoms with Gasteiger partial charge in [-0.05, 0) is 173 Å². The van der Waals surface area contributed by atoms with Crippen molar-refractivity contribution < 1.29 is 9.59 Å². The zero-order chi connectivity index (χ0) is 63.0. The average Bonchev–Trinajstić information content (AvgIpc) is 4.15. The molecule has 0 atom stereocenters. The van der Waals surface area contributed by atoms with Crippen LogP contribution in [0.5, 0.6) is 0 Å². The first-order chi connectivity index (χ1) is 36.1. The number of amides is 1. The molecule has 1 amide bonds. The van der Waals surface area contributed by atoms with Crippen LogP contribution in [0.25, 0.3) is 0 Å². The van der Waals surface area contributed by atoms with E-state index in [1.807, 2.05) is 36.5 Å². The van der Waals surface area contributed by atoms with Gasteiger partial charge in [-0.25, -0.2) is 19.6 Å². The summed E-state index contributed by atoms with van der Waals surface area (Å²) in [7, 11) is 0. The molecule has 3 aliphatic rings. The van der Waals surface area contributed by atoms with E-state index in [1.165, 1.54) is 64.0 Å². The van der Waals surface area contributed by atoms with Crippen molar-refractivity contribution in [1.82, 2.24) is 49.4 Å². The number of hydrogen-bond acceptors (Lipinski definition) is 12. The Bertz CT molecular complexity index is 1930. The number of likely N-dealkylation sites (tertiary alicyclic amines) is 2. The summed E-state index contributed by atoms with van der Waals surface area (Å²) in [6.45, 7) is 65.8. The van der Waals surface area contributed by atoms with Gasteiger partial charge in [-0.2, -0.15) is 15.3 Å². The van der Waals surface area contributed by atoms with Crippen LogP contribution in [-0.2, 0) is 26.1 Å². The third-order valence-electron chi connectivity index (χ3n) is 12.2. The molecule has 0 saturated carbocycles. The molecule has 16 heteroatoms. The zero-order valence-corrected chi connectivity index (χ0v) is 57.2. The Morgan fingerprint density at radius 2 is 1.12 bits per heavy atom. The van der Waals surface area contributed by atoms with Crippen molar-refractivity contribution in [2.24, 2.45) is 37.9 Å². The summed E-state index contributed by atoms with van der Waals surface area (Å²) in [4.78, 5) is 41.2. The highest BCUT2D eigenvalue weighted by molar-refractivity contribution is 6.01. The van der Waals surface area contributed by atoms with Crippen LogP contribution in [0.1, 0.15) is 271 Å².